The Kier molecular flexibility index (Phi) is 2.11. The third kappa shape index (κ3) is 1.43. The average molecular weight is 194 g/mol. The van der Waals surface area contributed by atoms with Crippen LogP contribution in [0.1, 0.15) is 16.8 Å². The van der Waals surface area contributed by atoms with Crippen LogP contribution in [0, 0.1) is 5.82 Å². The molecule has 14 heavy (non-hydrogen) atoms. The molecule has 1 saturated heterocycles. The second-order valence-electron chi connectivity index (χ2n) is 3.39. The Morgan fingerprint density at radius 1 is 1.43 bits per heavy atom. The smallest absolute Gasteiger partial charge is 0.256 e. The van der Waals surface area contributed by atoms with E-state index < -0.39 is 5.82 Å². The van der Waals surface area contributed by atoms with Crippen molar-refractivity contribution < 1.29 is 9.18 Å². The zero-order valence-electron chi connectivity index (χ0n) is 7.66. The van der Waals surface area contributed by atoms with Crippen LogP contribution < -0.4 is 5.73 Å². The number of nitrogen functional groups attached to an aromatic ring is 1. The number of carbonyl (C=O) groups is 1. The second-order valence-corrected chi connectivity index (χ2v) is 3.39. The van der Waals surface area contributed by atoms with Crippen LogP contribution in [0.15, 0.2) is 18.2 Å². The molecule has 0 saturated carbocycles. The number of rotatable bonds is 1. The van der Waals surface area contributed by atoms with Crippen LogP contribution in [0.2, 0.25) is 0 Å². The van der Waals surface area contributed by atoms with E-state index in [-0.39, 0.29) is 11.5 Å². The first-order valence-corrected chi connectivity index (χ1v) is 4.53. The lowest BCUT2D eigenvalue weighted by Crippen LogP contribution is -2.42. The summed E-state index contributed by atoms with van der Waals surface area (Å²) in [4.78, 5) is 13.2. The van der Waals surface area contributed by atoms with E-state index in [1.165, 1.54) is 18.2 Å². The van der Waals surface area contributed by atoms with Gasteiger partial charge in [0.2, 0.25) is 0 Å². The molecule has 74 valence electrons. The first kappa shape index (κ1) is 8.99. The summed E-state index contributed by atoms with van der Waals surface area (Å²) >= 11 is 0. The van der Waals surface area contributed by atoms with E-state index in [9.17, 15) is 9.18 Å². The number of halogens is 1. The van der Waals surface area contributed by atoms with Gasteiger partial charge in [0.25, 0.3) is 5.91 Å². The fourth-order valence-corrected chi connectivity index (χ4v) is 1.40. The van der Waals surface area contributed by atoms with E-state index in [0.29, 0.717) is 18.8 Å². The molecule has 0 spiro atoms. The van der Waals surface area contributed by atoms with Crippen LogP contribution in [0.3, 0.4) is 0 Å². The summed E-state index contributed by atoms with van der Waals surface area (Å²) in [5, 5.41) is 0. The van der Waals surface area contributed by atoms with E-state index in [1.807, 2.05) is 0 Å². The highest BCUT2D eigenvalue weighted by molar-refractivity contribution is 5.95. The summed E-state index contributed by atoms with van der Waals surface area (Å²) in [6.45, 7) is 1.43. The van der Waals surface area contributed by atoms with E-state index >= 15 is 0 Å². The van der Waals surface area contributed by atoms with Crippen LogP contribution in [0.5, 0.6) is 0 Å². The molecule has 0 atom stereocenters. The number of hydrogen-bond donors (Lipinski definition) is 1. The van der Waals surface area contributed by atoms with Crippen LogP contribution in [-0.4, -0.2) is 23.9 Å². The number of hydrogen-bond acceptors (Lipinski definition) is 2. The lowest BCUT2D eigenvalue weighted by Gasteiger charge is -2.31. The van der Waals surface area contributed by atoms with Crippen molar-refractivity contribution in [1.82, 2.24) is 4.90 Å². The largest absolute Gasteiger partial charge is 0.399 e. The molecule has 1 aromatic carbocycles. The first-order valence-electron chi connectivity index (χ1n) is 4.53. The van der Waals surface area contributed by atoms with Crippen molar-refractivity contribution in [1.29, 1.82) is 0 Å². The average Bonchev–Trinajstić information content (AvgIpc) is 2.06. The Hall–Kier alpha value is -1.58. The predicted molar refractivity (Wildman–Crippen MR) is 51.3 cm³/mol. The molecule has 0 aromatic heterocycles. The molecule has 0 radical (unpaired) electrons. The molecule has 1 amide bonds. The fraction of sp³-hybridized carbons (Fsp3) is 0.300. The van der Waals surface area contributed by atoms with Crippen LogP contribution in [0.4, 0.5) is 10.1 Å². The minimum atomic E-state index is -0.504. The molecule has 0 unspecified atom stereocenters. The zero-order valence-corrected chi connectivity index (χ0v) is 7.66. The highest BCUT2D eigenvalue weighted by Crippen LogP contribution is 2.17. The predicted octanol–water partition coefficient (Wildman–Crippen LogP) is 1.25. The number of nitrogens with zero attached hydrogens (tertiary/aromatic N) is 1. The Morgan fingerprint density at radius 3 is 2.71 bits per heavy atom. The van der Waals surface area contributed by atoms with E-state index in [2.05, 4.69) is 0 Å². The van der Waals surface area contributed by atoms with Gasteiger partial charge in [-0.1, -0.05) is 0 Å². The minimum absolute atomic E-state index is 0.0738. The maximum Gasteiger partial charge on any atom is 0.256 e. The topological polar surface area (TPSA) is 46.3 Å². The standard InChI is InChI=1S/C10H11FN2O/c11-9-3-2-7(12)6-8(9)10(14)13-4-1-5-13/h2-3,6H,1,4-5,12H2. The Bertz CT molecular complexity index is 374. The molecule has 2 N–H and O–H groups in total. The van der Waals surface area contributed by atoms with Gasteiger partial charge in [0.05, 0.1) is 5.56 Å². The molecule has 1 fully saturated rings. The summed E-state index contributed by atoms with van der Waals surface area (Å²) in [6.07, 6.45) is 0.996. The normalized spacial score (nSPS) is 15.1. The number of nitrogens with two attached hydrogens (primary N) is 1. The monoisotopic (exact) mass is 194 g/mol. The van der Waals surface area contributed by atoms with Crippen molar-refractivity contribution in [2.75, 3.05) is 18.8 Å². The van der Waals surface area contributed by atoms with Gasteiger partial charge >= 0.3 is 0 Å². The van der Waals surface area contributed by atoms with Crippen molar-refractivity contribution in [3.63, 3.8) is 0 Å². The van der Waals surface area contributed by atoms with Crippen molar-refractivity contribution in [2.24, 2.45) is 0 Å². The van der Waals surface area contributed by atoms with Gasteiger partial charge in [-0.2, -0.15) is 0 Å². The molecule has 3 nitrogen and oxygen atoms in total. The molecule has 1 aromatic rings. The second kappa shape index (κ2) is 3.29. The van der Waals surface area contributed by atoms with E-state index in [4.69, 9.17) is 5.73 Å². The van der Waals surface area contributed by atoms with Crippen molar-refractivity contribution in [3.05, 3.63) is 29.6 Å². The first-order chi connectivity index (χ1) is 6.68. The summed E-state index contributed by atoms with van der Waals surface area (Å²) in [5.41, 5.74) is 5.97. The SMILES string of the molecule is Nc1ccc(F)c(C(=O)N2CCC2)c1. The highest BCUT2D eigenvalue weighted by atomic mass is 19.1. The number of carbonyl (C=O) groups excluding carboxylic acids is 1. The Labute approximate surface area is 81.3 Å². The van der Waals surface area contributed by atoms with Crippen molar-refractivity contribution in [2.45, 2.75) is 6.42 Å². The molecule has 1 aliphatic heterocycles. The van der Waals surface area contributed by atoms with Crippen LogP contribution in [-0.2, 0) is 0 Å². The molecular formula is C10H11FN2O. The molecule has 0 bridgehead atoms. The van der Waals surface area contributed by atoms with Crippen LogP contribution >= 0.6 is 0 Å². The van der Waals surface area contributed by atoms with Gasteiger partial charge in [0.15, 0.2) is 0 Å². The summed E-state index contributed by atoms with van der Waals surface area (Å²) in [6, 6.07) is 4.06. The van der Waals surface area contributed by atoms with Gasteiger partial charge in [-0.25, -0.2) is 4.39 Å². The maximum atomic E-state index is 13.2. The van der Waals surface area contributed by atoms with Gasteiger partial charge < -0.3 is 10.6 Å². The molecule has 1 heterocycles. The molecule has 4 heteroatoms. The Balaban J connectivity index is 2.29. The number of amides is 1. The number of likely N-dealkylation sites (tertiary alicyclic amines) is 1. The summed E-state index contributed by atoms with van der Waals surface area (Å²) in [7, 11) is 0. The van der Waals surface area contributed by atoms with Crippen LogP contribution in [0.25, 0.3) is 0 Å². The van der Waals surface area contributed by atoms with Gasteiger partial charge in [-0.3, -0.25) is 4.79 Å². The summed E-state index contributed by atoms with van der Waals surface area (Å²) < 4.78 is 13.2. The molecule has 2 rings (SSSR count). The maximum absolute atomic E-state index is 13.2. The lowest BCUT2D eigenvalue weighted by atomic mass is 10.1. The molecular weight excluding hydrogens is 183 g/mol. The summed E-state index contributed by atoms with van der Waals surface area (Å²) in [5.74, 6) is -0.767. The minimum Gasteiger partial charge on any atom is -0.399 e. The van der Waals surface area contributed by atoms with Gasteiger partial charge in [-0.05, 0) is 24.6 Å². The van der Waals surface area contributed by atoms with Gasteiger partial charge in [0, 0.05) is 18.8 Å². The third-order valence-electron chi connectivity index (χ3n) is 2.36. The third-order valence-corrected chi connectivity index (χ3v) is 2.36. The Morgan fingerprint density at radius 2 is 2.14 bits per heavy atom. The quantitative estimate of drug-likeness (QED) is 0.684. The molecule has 1 aliphatic rings. The van der Waals surface area contributed by atoms with Gasteiger partial charge in [0.1, 0.15) is 5.82 Å². The highest BCUT2D eigenvalue weighted by Gasteiger charge is 2.23. The lowest BCUT2D eigenvalue weighted by molar-refractivity contribution is 0.0647. The van der Waals surface area contributed by atoms with Gasteiger partial charge in [-0.15, -0.1) is 0 Å². The van der Waals surface area contributed by atoms with Crippen molar-refractivity contribution in [3.8, 4) is 0 Å². The molecule has 0 aliphatic carbocycles. The number of benzene rings is 1. The number of anilines is 1. The zero-order chi connectivity index (χ0) is 10.1. The van der Waals surface area contributed by atoms with E-state index in [0.717, 1.165) is 6.42 Å². The fourth-order valence-electron chi connectivity index (χ4n) is 1.40. The van der Waals surface area contributed by atoms with E-state index in [1.54, 1.807) is 4.90 Å². The van der Waals surface area contributed by atoms with Crippen molar-refractivity contribution >= 4 is 11.6 Å².